The van der Waals surface area contributed by atoms with E-state index in [2.05, 4.69) is 10.6 Å². The highest BCUT2D eigenvalue weighted by atomic mass is 16.7. The Morgan fingerprint density at radius 1 is 1.00 bits per heavy atom. The summed E-state index contributed by atoms with van der Waals surface area (Å²) in [6.45, 7) is 2.16. The predicted molar refractivity (Wildman–Crippen MR) is 110 cm³/mol. The number of ether oxygens (including phenoxy) is 2. The van der Waals surface area contributed by atoms with Crippen molar-refractivity contribution in [2.45, 2.75) is 51.2 Å². The van der Waals surface area contributed by atoms with E-state index in [4.69, 9.17) is 9.47 Å². The molecule has 0 saturated heterocycles. The van der Waals surface area contributed by atoms with Crippen molar-refractivity contribution in [3.05, 3.63) is 53.6 Å². The van der Waals surface area contributed by atoms with Gasteiger partial charge in [-0.3, -0.25) is 9.59 Å². The summed E-state index contributed by atoms with van der Waals surface area (Å²) in [6, 6.07) is 12.8. The molecule has 0 unspecified atom stereocenters. The third-order valence-corrected chi connectivity index (χ3v) is 5.46. The Kier molecular flexibility index (Phi) is 5.43. The van der Waals surface area contributed by atoms with Crippen LogP contribution in [0.25, 0.3) is 0 Å². The molecule has 1 aliphatic heterocycles. The normalized spacial score (nSPS) is 16.4. The lowest BCUT2D eigenvalue weighted by atomic mass is 9.94. The van der Waals surface area contributed by atoms with Crippen molar-refractivity contribution in [1.29, 1.82) is 0 Å². The molecule has 0 aromatic heterocycles. The van der Waals surface area contributed by atoms with E-state index in [1.54, 1.807) is 6.07 Å². The van der Waals surface area contributed by atoms with Gasteiger partial charge < -0.3 is 20.1 Å². The van der Waals surface area contributed by atoms with Gasteiger partial charge >= 0.3 is 0 Å². The molecule has 1 aliphatic carbocycles. The second kappa shape index (κ2) is 8.15. The Morgan fingerprint density at radius 2 is 1.76 bits per heavy atom. The van der Waals surface area contributed by atoms with Crippen LogP contribution in [0.1, 0.15) is 54.4 Å². The van der Waals surface area contributed by atoms with E-state index in [9.17, 15) is 9.59 Å². The van der Waals surface area contributed by atoms with E-state index in [-0.39, 0.29) is 24.8 Å². The Morgan fingerprint density at radius 3 is 2.55 bits per heavy atom. The molecule has 2 aromatic rings. The molecule has 1 saturated carbocycles. The molecule has 1 spiro atoms. The number of fused-ring (bicyclic) bond motifs is 1. The van der Waals surface area contributed by atoms with Gasteiger partial charge in [-0.15, -0.1) is 0 Å². The molecule has 6 heteroatoms. The van der Waals surface area contributed by atoms with Crippen LogP contribution in [0.5, 0.6) is 11.5 Å². The number of rotatable bonds is 5. The Bertz CT molecular complexity index is 919. The van der Waals surface area contributed by atoms with E-state index in [1.165, 1.54) is 6.42 Å². The van der Waals surface area contributed by atoms with Crippen molar-refractivity contribution in [1.82, 2.24) is 5.32 Å². The van der Waals surface area contributed by atoms with Crippen molar-refractivity contribution in [2.24, 2.45) is 0 Å². The fraction of sp³-hybridized carbons (Fsp3) is 0.391. The highest BCUT2D eigenvalue weighted by molar-refractivity contribution is 5.96. The summed E-state index contributed by atoms with van der Waals surface area (Å²) in [5, 5.41) is 5.65. The Balaban J connectivity index is 1.28. The highest BCUT2D eigenvalue weighted by Gasteiger charge is 2.42. The van der Waals surface area contributed by atoms with Crippen LogP contribution < -0.4 is 20.1 Å². The first-order valence-electron chi connectivity index (χ1n) is 10.2. The number of carbonyl (C=O) groups excluding carboxylic acids is 2. The standard InChI is InChI=1S/C23H26N2O4/c1-16-7-3-4-8-18(16)22(27)24-14-11-21(26)25-17-9-10-19-20(15-17)29-23(28-19)12-5-2-6-13-23/h3-4,7-10,15H,2,5-6,11-14H2,1H3,(H,24,27)(H,25,26). The van der Waals surface area contributed by atoms with E-state index in [0.29, 0.717) is 17.0 Å². The zero-order valence-corrected chi connectivity index (χ0v) is 16.6. The summed E-state index contributed by atoms with van der Waals surface area (Å²) < 4.78 is 12.2. The summed E-state index contributed by atoms with van der Waals surface area (Å²) in [5.41, 5.74) is 2.20. The predicted octanol–water partition coefficient (Wildman–Crippen LogP) is 4.19. The van der Waals surface area contributed by atoms with Gasteiger partial charge in [0, 0.05) is 43.1 Å². The molecule has 2 amide bonds. The summed E-state index contributed by atoms with van der Waals surface area (Å²) in [5.74, 6) is 0.550. The SMILES string of the molecule is Cc1ccccc1C(=O)NCCC(=O)Nc1ccc2c(c1)OC1(CCCCC1)O2. The van der Waals surface area contributed by atoms with Gasteiger partial charge in [0.1, 0.15) is 0 Å². The maximum atomic E-state index is 12.3. The first kappa shape index (κ1) is 19.3. The second-order valence-corrected chi connectivity index (χ2v) is 7.71. The molecule has 2 aromatic carbocycles. The van der Waals surface area contributed by atoms with E-state index < -0.39 is 5.79 Å². The second-order valence-electron chi connectivity index (χ2n) is 7.71. The number of aryl methyl sites for hydroxylation is 1. The van der Waals surface area contributed by atoms with E-state index in [1.807, 2.05) is 43.3 Å². The smallest absolute Gasteiger partial charge is 0.251 e. The first-order valence-corrected chi connectivity index (χ1v) is 10.2. The maximum Gasteiger partial charge on any atom is 0.251 e. The lowest BCUT2D eigenvalue weighted by Crippen LogP contribution is -2.40. The lowest BCUT2D eigenvalue weighted by molar-refractivity contribution is -0.116. The molecule has 0 atom stereocenters. The molecule has 29 heavy (non-hydrogen) atoms. The van der Waals surface area contributed by atoms with Crippen molar-refractivity contribution in [2.75, 3.05) is 11.9 Å². The van der Waals surface area contributed by atoms with Crippen LogP contribution in [-0.2, 0) is 4.79 Å². The van der Waals surface area contributed by atoms with Gasteiger partial charge in [0.05, 0.1) is 0 Å². The number of amides is 2. The number of nitrogens with one attached hydrogen (secondary N) is 2. The molecule has 0 bridgehead atoms. The average Bonchev–Trinajstić information content (AvgIpc) is 3.05. The summed E-state index contributed by atoms with van der Waals surface area (Å²) in [7, 11) is 0. The average molecular weight is 394 g/mol. The summed E-state index contributed by atoms with van der Waals surface area (Å²) >= 11 is 0. The highest BCUT2D eigenvalue weighted by Crippen LogP contribution is 2.46. The summed E-state index contributed by atoms with van der Waals surface area (Å²) in [6.07, 6.45) is 5.40. The fourth-order valence-corrected chi connectivity index (χ4v) is 3.90. The molecule has 0 radical (unpaired) electrons. The van der Waals surface area contributed by atoms with Crippen LogP contribution in [0.3, 0.4) is 0 Å². The van der Waals surface area contributed by atoms with Gasteiger partial charge in [-0.1, -0.05) is 24.6 Å². The topological polar surface area (TPSA) is 76.7 Å². The lowest BCUT2D eigenvalue weighted by Gasteiger charge is -2.31. The summed E-state index contributed by atoms with van der Waals surface area (Å²) in [4.78, 5) is 24.5. The third-order valence-electron chi connectivity index (χ3n) is 5.46. The van der Waals surface area contributed by atoms with Crippen molar-refractivity contribution in [3.8, 4) is 11.5 Å². The van der Waals surface area contributed by atoms with Gasteiger partial charge in [-0.05, 0) is 43.5 Å². The molecule has 1 fully saturated rings. The molecule has 4 rings (SSSR count). The molecular formula is C23H26N2O4. The van der Waals surface area contributed by atoms with Crippen LogP contribution in [0.15, 0.2) is 42.5 Å². The van der Waals surface area contributed by atoms with Gasteiger partial charge in [0.15, 0.2) is 11.5 Å². The fourth-order valence-electron chi connectivity index (χ4n) is 3.90. The van der Waals surface area contributed by atoms with E-state index in [0.717, 1.165) is 37.0 Å². The van der Waals surface area contributed by atoms with Crippen LogP contribution >= 0.6 is 0 Å². The molecule has 1 heterocycles. The number of hydrogen-bond donors (Lipinski definition) is 2. The molecule has 152 valence electrons. The van der Waals surface area contributed by atoms with Gasteiger partial charge in [0.25, 0.3) is 11.7 Å². The largest absolute Gasteiger partial charge is 0.448 e. The zero-order valence-electron chi connectivity index (χ0n) is 16.6. The quantitative estimate of drug-likeness (QED) is 0.797. The monoisotopic (exact) mass is 394 g/mol. The first-order chi connectivity index (χ1) is 14.0. The van der Waals surface area contributed by atoms with Crippen LogP contribution in [-0.4, -0.2) is 24.1 Å². The maximum absolute atomic E-state index is 12.3. The Labute approximate surface area is 170 Å². The number of hydrogen-bond acceptors (Lipinski definition) is 4. The van der Waals surface area contributed by atoms with Crippen LogP contribution in [0, 0.1) is 6.92 Å². The minimum Gasteiger partial charge on any atom is -0.448 e. The number of carbonyl (C=O) groups is 2. The minimum absolute atomic E-state index is 0.165. The molecule has 2 N–H and O–H groups in total. The number of anilines is 1. The van der Waals surface area contributed by atoms with Crippen molar-refractivity contribution >= 4 is 17.5 Å². The molecule has 2 aliphatic rings. The van der Waals surface area contributed by atoms with Gasteiger partial charge in [-0.2, -0.15) is 0 Å². The zero-order chi connectivity index (χ0) is 20.3. The minimum atomic E-state index is -0.525. The van der Waals surface area contributed by atoms with Crippen LogP contribution in [0.4, 0.5) is 5.69 Å². The molecular weight excluding hydrogens is 368 g/mol. The van der Waals surface area contributed by atoms with Crippen molar-refractivity contribution in [3.63, 3.8) is 0 Å². The van der Waals surface area contributed by atoms with E-state index >= 15 is 0 Å². The van der Waals surface area contributed by atoms with Gasteiger partial charge in [0.2, 0.25) is 5.91 Å². The van der Waals surface area contributed by atoms with Crippen LogP contribution in [0.2, 0.25) is 0 Å². The third kappa shape index (κ3) is 4.36. The molecule has 6 nitrogen and oxygen atoms in total. The number of benzene rings is 2. The Hall–Kier alpha value is -3.02. The van der Waals surface area contributed by atoms with Crippen molar-refractivity contribution < 1.29 is 19.1 Å². The van der Waals surface area contributed by atoms with Gasteiger partial charge in [-0.25, -0.2) is 0 Å².